The van der Waals surface area contributed by atoms with Gasteiger partial charge in [-0.1, -0.05) is 75.7 Å². The zero-order chi connectivity index (χ0) is 28.8. The largest absolute Gasteiger partial charge is 0.409 e. The van der Waals surface area contributed by atoms with Crippen molar-refractivity contribution in [1.82, 2.24) is 0 Å². The van der Waals surface area contributed by atoms with Gasteiger partial charge in [-0.2, -0.15) is 0 Å². The van der Waals surface area contributed by atoms with Crippen molar-refractivity contribution in [1.29, 1.82) is 0 Å². The van der Waals surface area contributed by atoms with E-state index in [9.17, 15) is 15.3 Å². The van der Waals surface area contributed by atoms with Crippen LogP contribution in [0.15, 0.2) is 52.8 Å². The summed E-state index contributed by atoms with van der Waals surface area (Å²) in [5, 5.41) is 41.5. The van der Waals surface area contributed by atoms with E-state index in [1.807, 2.05) is 0 Å². The van der Waals surface area contributed by atoms with Gasteiger partial charge in [0.15, 0.2) is 0 Å². The number of fused-ring (bicyclic) bond motifs is 1. The van der Waals surface area contributed by atoms with Crippen LogP contribution >= 0.6 is 0 Å². The summed E-state index contributed by atoms with van der Waals surface area (Å²) in [5.41, 5.74) is 8.89. The molecule has 4 saturated carbocycles. The third-order valence-corrected chi connectivity index (χ3v) is 10.2. The van der Waals surface area contributed by atoms with Gasteiger partial charge in [-0.3, -0.25) is 0 Å². The van der Waals surface area contributed by atoms with Gasteiger partial charge in [-0.25, -0.2) is 0 Å². The fourth-order valence-corrected chi connectivity index (χ4v) is 7.16. The van der Waals surface area contributed by atoms with E-state index in [4.69, 9.17) is 10.9 Å². The number of hydrogen-bond acceptors (Lipinski definition) is 5. The van der Waals surface area contributed by atoms with Crippen LogP contribution in [0.2, 0.25) is 0 Å². The minimum Gasteiger partial charge on any atom is -0.409 e. The second-order valence-corrected chi connectivity index (χ2v) is 13.2. The van der Waals surface area contributed by atoms with E-state index >= 15 is 0 Å². The van der Waals surface area contributed by atoms with Crippen molar-refractivity contribution in [3.8, 4) is 0 Å². The lowest BCUT2D eigenvalue weighted by Crippen LogP contribution is -2.35. The molecule has 0 aliphatic heterocycles. The van der Waals surface area contributed by atoms with Gasteiger partial charge in [-0.15, -0.1) is 0 Å². The molecule has 7 atom stereocenters. The van der Waals surface area contributed by atoms with Crippen LogP contribution in [0.4, 0.5) is 0 Å². The average molecular weight is 543 g/mol. The Bertz CT molecular complexity index is 963. The van der Waals surface area contributed by atoms with Crippen molar-refractivity contribution in [3.63, 3.8) is 0 Å². The van der Waals surface area contributed by atoms with Crippen LogP contribution in [0, 0.1) is 28.6 Å². The number of aliphatic hydroxyl groups is 3. The normalized spacial score (nSPS) is 36.0. The topological polar surface area (TPSA) is 119 Å². The van der Waals surface area contributed by atoms with Crippen molar-refractivity contribution >= 4 is 5.84 Å². The molecule has 4 aliphatic rings. The number of nitrogens with two attached hydrogens (primary N) is 1. The Kier molecular flexibility index (Phi) is 11.1. The van der Waals surface area contributed by atoms with E-state index in [-0.39, 0.29) is 11.5 Å². The van der Waals surface area contributed by atoms with Gasteiger partial charge >= 0.3 is 0 Å². The van der Waals surface area contributed by atoms with Crippen molar-refractivity contribution in [2.45, 2.75) is 123 Å². The molecule has 6 heteroatoms. The molecule has 0 aromatic carbocycles. The average Bonchev–Trinajstić information content (AvgIpc) is 3.56. The summed E-state index contributed by atoms with van der Waals surface area (Å²) in [4.78, 5) is 0. The van der Waals surface area contributed by atoms with Crippen LogP contribution < -0.4 is 5.73 Å². The summed E-state index contributed by atoms with van der Waals surface area (Å²) in [5.74, 6) is 2.06. The molecule has 4 fully saturated rings. The molecular formula is C33H54N2O4. The summed E-state index contributed by atoms with van der Waals surface area (Å²) < 4.78 is 0. The second-order valence-electron chi connectivity index (χ2n) is 13.2. The predicted octanol–water partition coefficient (Wildman–Crippen LogP) is 6.40. The minimum atomic E-state index is -0.623. The van der Waals surface area contributed by atoms with Crippen molar-refractivity contribution < 1.29 is 20.5 Å². The van der Waals surface area contributed by atoms with E-state index in [0.29, 0.717) is 48.3 Å². The summed E-state index contributed by atoms with van der Waals surface area (Å²) in [6.45, 7) is 13.1. The number of aliphatic hydroxyl groups excluding tert-OH is 3. The maximum Gasteiger partial charge on any atom is 0.139 e. The third kappa shape index (κ3) is 7.86. The Balaban J connectivity index is 0.000000459. The monoisotopic (exact) mass is 542 g/mol. The van der Waals surface area contributed by atoms with E-state index in [1.54, 1.807) is 0 Å². The molecule has 0 saturated heterocycles. The molecule has 0 aromatic rings. The molecule has 0 unspecified atom stereocenters. The first-order valence-corrected chi connectivity index (χ1v) is 15.2. The Morgan fingerprint density at radius 1 is 1.15 bits per heavy atom. The van der Waals surface area contributed by atoms with Gasteiger partial charge in [0.25, 0.3) is 0 Å². The van der Waals surface area contributed by atoms with Gasteiger partial charge in [0.2, 0.25) is 0 Å². The number of unbranched alkanes of at least 4 members (excludes halogenated alkanes) is 1. The number of rotatable bonds is 8. The lowest BCUT2D eigenvalue weighted by atomic mass is 9.61. The number of amidine groups is 1. The van der Waals surface area contributed by atoms with Crippen molar-refractivity contribution in [2.24, 2.45) is 39.5 Å². The van der Waals surface area contributed by atoms with Crippen LogP contribution in [0.25, 0.3) is 0 Å². The first kappa shape index (κ1) is 31.6. The molecule has 0 heterocycles. The molecule has 4 rings (SSSR count). The highest BCUT2D eigenvalue weighted by Crippen LogP contribution is 2.59. The fourth-order valence-electron chi connectivity index (χ4n) is 7.16. The zero-order valence-electron chi connectivity index (χ0n) is 24.8. The molecule has 6 N–H and O–H groups in total. The highest BCUT2D eigenvalue weighted by Gasteiger charge is 2.50. The predicted molar refractivity (Wildman–Crippen MR) is 159 cm³/mol. The van der Waals surface area contributed by atoms with Crippen molar-refractivity contribution in [2.75, 3.05) is 0 Å². The number of oxime groups is 1. The molecule has 220 valence electrons. The molecule has 0 spiro atoms. The highest BCUT2D eigenvalue weighted by molar-refractivity contribution is 5.79. The Labute approximate surface area is 236 Å². The quantitative estimate of drug-likeness (QED) is 0.0799. The first-order chi connectivity index (χ1) is 18.4. The van der Waals surface area contributed by atoms with Gasteiger partial charge in [0.1, 0.15) is 5.84 Å². The van der Waals surface area contributed by atoms with Crippen LogP contribution in [0.1, 0.15) is 105 Å². The van der Waals surface area contributed by atoms with Gasteiger partial charge in [0, 0.05) is 12.8 Å². The summed E-state index contributed by atoms with van der Waals surface area (Å²) in [6, 6.07) is 0. The van der Waals surface area contributed by atoms with Crippen LogP contribution in [-0.4, -0.2) is 44.7 Å². The third-order valence-electron chi connectivity index (χ3n) is 10.2. The zero-order valence-corrected chi connectivity index (χ0v) is 24.8. The lowest BCUT2D eigenvalue weighted by Gasteiger charge is -2.44. The van der Waals surface area contributed by atoms with Gasteiger partial charge in [0.05, 0.1) is 18.3 Å². The molecule has 0 amide bonds. The molecule has 4 aliphatic carbocycles. The SMILES string of the molecule is C=C1/C(=C\C=C2/CCC[C@]3(C)[C@@H]([C@H](C)/C=C/[C@H](O)C4(C)CC4)CC[C@@H]23)C[C@@H](O)C[C@@H]1O.CCCCC(N)=NO. The summed E-state index contributed by atoms with van der Waals surface area (Å²) >= 11 is 0. The fraction of sp³-hybridized carbons (Fsp3) is 0.727. The highest BCUT2D eigenvalue weighted by atomic mass is 16.4. The van der Waals surface area contributed by atoms with E-state index in [1.165, 1.54) is 31.3 Å². The van der Waals surface area contributed by atoms with Crippen LogP contribution in [-0.2, 0) is 0 Å². The molecule has 0 radical (unpaired) electrons. The van der Waals surface area contributed by atoms with Crippen LogP contribution in [0.3, 0.4) is 0 Å². The Morgan fingerprint density at radius 3 is 2.51 bits per heavy atom. The van der Waals surface area contributed by atoms with E-state index in [2.05, 4.69) is 63.7 Å². The minimum absolute atomic E-state index is 0.122. The van der Waals surface area contributed by atoms with Crippen LogP contribution in [0.5, 0.6) is 0 Å². The standard InChI is InChI=1S/C28H42O3.C5H12N2O/c1-18(7-12-26(31)27(3)14-15-27)23-10-11-24-20(6-5-13-28(23,24)4)8-9-21-16-22(29)17-25(30)19(21)2;1-2-3-4-5(6)7-8/h7-9,12,18,22-26,29-31H,2,5-6,10-11,13-17H2,1,3-4H3;8H,2-4H2,1H3,(H2,6,7)/b12-7+,20-8+,21-9-;/t18-,22-,23-,24+,25+,26+,28-;/m1./s1. The van der Waals surface area contributed by atoms with Crippen molar-refractivity contribution in [3.05, 3.63) is 47.6 Å². The number of nitrogens with zero attached hydrogens (tertiary/aromatic N) is 1. The molecule has 6 nitrogen and oxygen atoms in total. The summed E-state index contributed by atoms with van der Waals surface area (Å²) in [7, 11) is 0. The second kappa shape index (κ2) is 13.6. The maximum atomic E-state index is 10.5. The molecular weight excluding hydrogens is 488 g/mol. The maximum absolute atomic E-state index is 10.5. The smallest absolute Gasteiger partial charge is 0.139 e. The Hall–Kier alpha value is -1.89. The summed E-state index contributed by atoms with van der Waals surface area (Å²) in [6.07, 6.45) is 19.6. The first-order valence-electron chi connectivity index (χ1n) is 15.2. The van der Waals surface area contributed by atoms with Gasteiger partial charge in [-0.05, 0) is 97.5 Å². The Morgan fingerprint density at radius 2 is 1.87 bits per heavy atom. The number of allylic oxidation sites excluding steroid dienone is 4. The molecule has 0 aromatic heterocycles. The molecule has 39 heavy (non-hydrogen) atoms. The lowest BCUT2D eigenvalue weighted by molar-refractivity contribution is 0.0862. The van der Waals surface area contributed by atoms with E-state index in [0.717, 1.165) is 43.3 Å². The number of hydrogen-bond donors (Lipinski definition) is 5. The molecule has 0 bridgehead atoms. The van der Waals surface area contributed by atoms with Gasteiger partial charge < -0.3 is 26.3 Å². The van der Waals surface area contributed by atoms with E-state index < -0.39 is 12.2 Å².